The van der Waals surface area contributed by atoms with E-state index in [-0.39, 0.29) is 11.3 Å². The Kier molecular flexibility index (Phi) is 3.25. The first-order valence-corrected chi connectivity index (χ1v) is 7.21. The Morgan fingerprint density at radius 3 is 2.83 bits per heavy atom. The SMILES string of the molecule is O=C1Cc2cc(C(Cl)CC3CCC3)c(Cl)cc2N1. The van der Waals surface area contributed by atoms with Crippen molar-refractivity contribution in [3.05, 3.63) is 28.3 Å². The van der Waals surface area contributed by atoms with E-state index in [1.54, 1.807) is 0 Å². The second kappa shape index (κ2) is 4.75. The topological polar surface area (TPSA) is 29.1 Å². The van der Waals surface area contributed by atoms with Gasteiger partial charge in [0.1, 0.15) is 0 Å². The number of rotatable bonds is 3. The van der Waals surface area contributed by atoms with Crippen LogP contribution in [0, 0.1) is 5.92 Å². The molecule has 1 atom stereocenters. The minimum absolute atomic E-state index is 0.0309. The third-order valence-corrected chi connectivity index (χ3v) is 4.69. The number of hydrogen-bond acceptors (Lipinski definition) is 1. The molecule has 2 nitrogen and oxygen atoms in total. The van der Waals surface area contributed by atoms with Crippen molar-refractivity contribution >= 4 is 34.8 Å². The molecule has 1 aromatic carbocycles. The van der Waals surface area contributed by atoms with Gasteiger partial charge in [-0.05, 0) is 29.5 Å². The van der Waals surface area contributed by atoms with E-state index in [1.807, 2.05) is 12.1 Å². The molecule has 2 aliphatic rings. The number of benzene rings is 1. The lowest BCUT2D eigenvalue weighted by Gasteiger charge is -2.27. The molecule has 96 valence electrons. The molecule has 1 aliphatic carbocycles. The molecule has 0 radical (unpaired) electrons. The third kappa shape index (κ3) is 2.24. The van der Waals surface area contributed by atoms with E-state index >= 15 is 0 Å². The van der Waals surface area contributed by atoms with Crippen LogP contribution in [0.3, 0.4) is 0 Å². The molecule has 1 fully saturated rings. The van der Waals surface area contributed by atoms with Crippen molar-refractivity contribution in [3.8, 4) is 0 Å². The molecule has 0 bridgehead atoms. The number of halogens is 2. The zero-order valence-electron chi connectivity index (χ0n) is 10.0. The lowest BCUT2D eigenvalue weighted by atomic mass is 9.81. The number of hydrogen-bond donors (Lipinski definition) is 1. The minimum Gasteiger partial charge on any atom is -0.325 e. The molecule has 1 heterocycles. The van der Waals surface area contributed by atoms with Crippen molar-refractivity contribution in [2.45, 2.75) is 37.5 Å². The van der Waals surface area contributed by atoms with Crippen molar-refractivity contribution in [1.82, 2.24) is 0 Å². The van der Waals surface area contributed by atoms with Gasteiger partial charge in [-0.25, -0.2) is 0 Å². The summed E-state index contributed by atoms with van der Waals surface area (Å²) < 4.78 is 0. The van der Waals surface area contributed by atoms with Gasteiger partial charge >= 0.3 is 0 Å². The average molecular weight is 284 g/mol. The lowest BCUT2D eigenvalue weighted by molar-refractivity contribution is -0.115. The first kappa shape index (κ1) is 12.3. The maximum absolute atomic E-state index is 11.3. The van der Waals surface area contributed by atoms with Gasteiger partial charge in [0, 0.05) is 10.7 Å². The highest BCUT2D eigenvalue weighted by Gasteiger charge is 2.25. The molecule has 0 saturated heterocycles. The maximum Gasteiger partial charge on any atom is 0.228 e. The second-order valence-electron chi connectivity index (χ2n) is 5.26. The summed E-state index contributed by atoms with van der Waals surface area (Å²) in [6, 6.07) is 3.82. The Balaban J connectivity index is 1.83. The van der Waals surface area contributed by atoms with Crippen LogP contribution in [-0.4, -0.2) is 5.91 Å². The first-order chi connectivity index (χ1) is 8.63. The molecular weight excluding hydrogens is 269 g/mol. The van der Waals surface area contributed by atoms with Crippen LogP contribution in [-0.2, 0) is 11.2 Å². The van der Waals surface area contributed by atoms with Gasteiger partial charge in [0.2, 0.25) is 5.91 Å². The molecule has 0 spiro atoms. The summed E-state index contributed by atoms with van der Waals surface area (Å²) >= 11 is 12.7. The molecule has 1 aromatic rings. The maximum atomic E-state index is 11.3. The van der Waals surface area contributed by atoms with Crippen LogP contribution >= 0.6 is 23.2 Å². The fraction of sp³-hybridized carbons (Fsp3) is 0.500. The summed E-state index contributed by atoms with van der Waals surface area (Å²) in [7, 11) is 0. The summed E-state index contributed by atoms with van der Waals surface area (Å²) in [5.74, 6) is 0.778. The van der Waals surface area contributed by atoms with Crippen LogP contribution in [0.4, 0.5) is 5.69 Å². The smallest absolute Gasteiger partial charge is 0.228 e. The fourth-order valence-corrected chi connectivity index (χ4v) is 3.44. The lowest BCUT2D eigenvalue weighted by Crippen LogP contribution is -2.13. The minimum atomic E-state index is -0.0381. The Morgan fingerprint density at radius 2 is 2.17 bits per heavy atom. The first-order valence-electron chi connectivity index (χ1n) is 6.39. The predicted octanol–water partition coefficient (Wildman–Crippen LogP) is 4.30. The average Bonchev–Trinajstić information content (AvgIpc) is 2.61. The highest BCUT2D eigenvalue weighted by Crippen LogP contribution is 2.41. The molecular formula is C14H15Cl2NO. The number of fused-ring (bicyclic) bond motifs is 1. The Bertz CT molecular complexity index is 497. The Labute approximate surface area is 117 Å². The molecule has 3 rings (SSSR count). The van der Waals surface area contributed by atoms with Crippen molar-refractivity contribution in [2.75, 3.05) is 5.32 Å². The van der Waals surface area contributed by atoms with Crippen LogP contribution in [0.25, 0.3) is 0 Å². The van der Waals surface area contributed by atoms with Gasteiger partial charge in [-0.3, -0.25) is 4.79 Å². The van der Waals surface area contributed by atoms with Crippen molar-refractivity contribution in [1.29, 1.82) is 0 Å². The number of nitrogens with one attached hydrogen (secondary N) is 1. The zero-order chi connectivity index (χ0) is 12.7. The van der Waals surface area contributed by atoms with Gasteiger partial charge in [-0.15, -0.1) is 11.6 Å². The van der Waals surface area contributed by atoms with E-state index in [0.29, 0.717) is 11.4 Å². The highest BCUT2D eigenvalue weighted by atomic mass is 35.5. The predicted molar refractivity (Wildman–Crippen MR) is 74.3 cm³/mol. The molecule has 1 unspecified atom stereocenters. The molecule has 1 aliphatic heterocycles. The summed E-state index contributed by atoms with van der Waals surface area (Å²) in [6.45, 7) is 0. The van der Waals surface area contributed by atoms with E-state index < -0.39 is 0 Å². The Hall–Kier alpha value is -0.730. The van der Waals surface area contributed by atoms with Crippen LogP contribution in [0.5, 0.6) is 0 Å². The van der Waals surface area contributed by atoms with Gasteiger partial charge < -0.3 is 5.32 Å². The van der Waals surface area contributed by atoms with E-state index in [1.165, 1.54) is 19.3 Å². The summed E-state index contributed by atoms with van der Waals surface area (Å²) in [6.07, 6.45) is 5.32. The van der Waals surface area contributed by atoms with Crippen LogP contribution in [0.2, 0.25) is 5.02 Å². The number of carbonyl (C=O) groups is 1. The zero-order valence-corrected chi connectivity index (χ0v) is 11.5. The van der Waals surface area contributed by atoms with Gasteiger partial charge in [-0.1, -0.05) is 36.9 Å². The second-order valence-corrected chi connectivity index (χ2v) is 6.19. The molecule has 4 heteroatoms. The monoisotopic (exact) mass is 283 g/mol. The quantitative estimate of drug-likeness (QED) is 0.823. The van der Waals surface area contributed by atoms with E-state index in [9.17, 15) is 4.79 Å². The van der Waals surface area contributed by atoms with Crippen LogP contribution in [0.1, 0.15) is 42.2 Å². The number of carbonyl (C=O) groups excluding carboxylic acids is 1. The van der Waals surface area contributed by atoms with Gasteiger partial charge in [0.25, 0.3) is 0 Å². The van der Waals surface area contributed by atoms with Crippen LogP contribution < -0.4 is 5.32 Å². The molecule has 0 aromatic heterocycles. The summed E-state index contributed by atoms with van der Waals surface area (Å²) in [5, 5.41) is 3.43. The highest BCUT2D eigenvalue weighted by molar-refractivity contribution is 6.33. The van der Waals surface area contributed by atoms with E-state index in [2.05, 4.69) is 5.32 Å². The van der Waals surface area contributed by atoms with Gasteiger partial charge in [-0.2, -0.15) is 0 Å². The van der Waals surface area contributed by atoms with Gasteiger partial charge in [0.15, 0.2) is 0 Å². The molecule has 1 N–H and O–H groups in total. The van der Waals surface area contributed by atoms with E-state index in [4.69, 9.17) is 23.2 Å². The number of alkyl halides is 1. The standard InChI is InChI=1S/C14H15Cl2NO/c15-11(4-8-2-1-3-8)10-5-9-6-14(18)17-13(9)7-12(10)16/h5,7-8,11H,1-4,6H2,(H,17,18). The molecule has 1 amide bonds. The summed E-state index contributed by atoms with van der Waals surface area (Å²) in [4.78, 5) is 11.3. The summed E-state index contributed by atoms with van der Waals surface area (Å²) in [5.41, 5.74) is 2.82. The van der Waals surface area contributed by atoms with Gasteiger partial charge in [0.05, 0.1) is 11.8 Å². The molecule has 18 heavy (non-hydrogen) atoms. The Morgan fingerprint density at radius 1 is 1.39 bits per heavy atom. The van der Waals surface area contributed by atoms with Crippen LogP contribution in [0.15, 0.2) is 12.1 Å². The number of amides is 1. The largest absolute Gasteiger partial charge is 0.325 e. The van der Waals surface area contributed by atoms with Crippen molar-refractivity contribution < 1.29 is 4.79 Å². The third-order valence-electron chi connectivity index (χ3n) is 3.95. The molecule has 1 saturated carbocycles. The van der Waals surface area contributed by atoms with Crippen molar-refractivity contribution in [2.24, 2.45) is 5.92 Å². The normalized spacial score (nSPS) is 20.2. The fourth-order valence-electron chi connectivity index (χ4n) is 2.66. The van der Waals surface area contributed by atoms with Crippen molar-refractivity contribution in [3.63, 3.8) is 0 Å². The van der Waals surface area contributed by atoms with E-state index in [0.717, 1.165) is 29.2 Å². The number of anilines is 1.